The minimum Gasteiger partial charge on any atom is -0.496 e. The van der Waals surface area contributed by atoms with Crippen LogP contribution in [0.1, 0.15) is 16.7 Å². The van der Waals surface area contributed by atoms with Crippen LogP contribution in [0.15, 0.2) is 124 Å². The number of hydrogen-bond donors (Lipinski definition) is 0. The predicted octanol–water partition coefficient (Wildman–Crippen LogP) is 7.30. The van der Waals surface area contributed by atoms with Crippen molar-refractivity contribution in [1.29, 1.82) is 5.26 Å². The van der Waals surface area contributed by atoms with Crippen molar-refractivity contribution in [2.45, 2.75) is 6.61 Å². The van der Waals surface area contributed by atoms with Crippen LogP contribution in [-0.4, -0.2) is 23.0 Å². The van der Waals surface area contributed by atoms with E-state index >= 15 is 0 Å². The lowest BCUT2D eigenvalue weighted by atomic mass is 10.0. The first kappa shape index (κ1) is 26.7. The van der Waals surface area contributed by atoms with Gasteiger partial charge in [0.25, 0.3) is 5.56 Å². The lowest BCUT2D eigenvalue weighted by Gasteiger charge is -2.13. The average Bonchev–Trinajstić information content (AvgIpc) is 3.52. The maximum Gasteiger partial charge on any atom is 0.282 e. The van der Waals surface area contributed by atoms with Crippen LogP contribution in [0, 0.1) is 11.3 Å². The molecule has 0 bridgehead atoms. The maximum absolute atomic E-state index is 13.9. The molecular formula is C36H24N4O4. The fraction of sp³-hybridized carbons (Fsp3) is 0.0556. The van der Waals surface area contributed by atoms with Gasteiger partial charge in [-0.15, -0.1) is 0 Å². The highest BCUT2D eigenvalue weighted by Crippen LogP contribution is 2.33. The Hall–Kier alpha value is -6.20. The van der Waals surface area contributed by atoms with Crippen molar-refractivity contribution in [3.8, 4) is 29.2 Å². The summed E-state index contributed by atoms with van der Waals surface area (Å²) < 4.78 is 19.2. The van der Waals surface area contributed by atoms with Gasteiger partial charge < -0.3 is 13.9 Å². The molecule has 5 aromatic carbocycles. The molecule has 0 aliphatic rings. The Labute approximate surface area is 251 Å². The lowest BCUT2D eigenvalue weighted by molar-refractivity contribution is 0.306. The van der Waals surface area contributed by atoms with E-state index in [2.05, 4.69) is 6.07 Å². The number of rotatable bonds is 7. The topological polar surface area (TPSA) is 103 Å². The Balaban J connectivity index is 1.39. The summed E-state index contributed by atoms with van der Waals surface area (Å²) in [6.07, 6.45) is 1.61. The van der Waals surface area contributed by atoms with Gasteiger partial charge in [-0.25, -0.2) is 4.98 Å². The maximum atomic E-state index is 13.9. The Morgan fingerprint density at radius 3 is 2.55 bits per heavy atom. The molecule has 0 N–H and O–H groups in total. The van der Waals surface area contributed by atoms with Crippen LogP contribution in [0.4, 0.5) is 0 Å². The first-order chi connectivity index (χ1) is 21.6. The van der Waals surface area contributed by atoms with Crippen LogP contribution in [0.2, 0.25) is 0 Å². The van der Waals surface area contributed by atoms with Crippen molar-refractivity contribution < 1.29 is 13.9 Å². The fourth-order valence-electron chi connectivity index (χ4n) is 5.27. The zero-order valence-corrected chi connectivity index (χ0v) is 23.6. The van der Waals surface area contributed by atoms with Gasteiger partial charge in [-0.3, -0.25) is 4.79 Å². The van der Waals surface area contributed by atoms with Crippen LogP contribution < -0.4 is 15.0 Å². The molecule has 0 aliphatic carbocycles. The Kier molecular flexibility index (Phi) is 6.81. The Bertz CT molecular complexity index is 2330. The van der Waals surface area contributed by atoms with E-state index in [0.29, 0.717) is 44.9 Å². The smallest absolute Gasteiger partial charge is 0.282 e. The number of para-hydroxylation sites is 1. The highest BCUT2D eigenvalue weighted by Gasteiger charge is 2.18. The van der Waals surface area contributed by atoms with Crippen molar-refractivity contribution >= 4 is 38.9 Å². The first-order valence-corrected chi connectivity index (χ1v) is 13.9. The van der Waals surface area contributed by atoms with Gasteiger partial charge in [-0.2, -0.15) is 15.0 Å². The van der Waals surface area contributed by atoms with Gasteiger partial charge in [0, 0.05) is 11.1 Å². The van der Waals surface area contributed by atoms with Crippen molar-refractivity contribution in [3.05, 3.63) is 136 Å². The van der Waals surface area contributed by atoms with Gasteiger partial charge in [0.05, 0.1) is 41.2 Å². The molecule has 2 heterocycles. The second-order valence-corrected chi connectivity index (χ2v) is 10.1. The number of ether oxygens (including phenoxy) is 2. The number of benzene rings is 5. The van der Waals surface area contributed by atoms with Gasteiger partial charge in [0.1, 0.15) is 23.7 Å². The van der Waals surface area contributed by atoms with Crippen LogP contribution in [0.3, 0.4) is 0 Å². The highest BCUT2D eigenvalue weighted by molar-refractivity contribution is 6.02. The van der Waals surface area contributed by atoms with E-state index in [4.69, 9.17) is 24.0 Å². The number of nitriles is 1. The molecule has 0 fully saturated rings. The lowest BCUT2D eigenvalue weighted by Crippen LogP contribution is -2.20. The van der Waals surface area contributed by atoms with E-state index in [1.807, 2.05) is 78.9 Å². The molecule has 8 nitrogen and oxygen atoms in total. The molecular weight excluding hydrogens is 552 g/mol. The van der Waals surface area contributed by atoms with Crippen LogP contribution in [-0.2, 0) is 6.61 Å². The number of nitrogens with zero attached hydrogens (tertiary/aromatic N) is 4. The standard InChI is InChI=1S/C36H24N4O4/c1-42-31-15-8-16-33-28(31)19-34(44-33)35-39-30-14-7-6-13-27(30)36(41)40(35)38-21-29-26-12-5-4-9-23(26)17-18-32(29)43-22-25-11-3-2-10-24(25)20-37/h2-19,21H,22H2,1H3. The minimum atomic E-state index is -0.347. The predicted molar refractivity (Wildman–Crippen MR) is 170 cm³/mol. The number of methoxy groups -OCH3 is 1. The van der Waals surface area contributed by atoms with Crippen LogP contribution in [0.25, 0.3) is 44.2 Å². The molecule has 7 rings (SSSR count). The van der Waals surface area contributed by atoms with Crippen LogP contribution >= 0.6 is 0 Å². The second kappa shape index (κ2) is 11.2. The summed E-state index contributed by atoms with van der Waals surface area (Å²) in [5.74, 6) is 1.81. The second-order valence-electron chi connectivity index (χ2n) is 10.1. The normalized spacial score (nSPS) is 11.4. The van der Waals surface area contributed by atoms with Crippen LogP contribution in [0.5, 0.6) is 11.5 Å². The fourth-order valence-corrected chi connectivity index (χ4v) is 5.27. The molecule has 0 unspecified atom stereocenters. The van der Waals surface area contributed by atoms with Crippen molar-refractivity contribution in [1.82, 2.24) is 9.66 Å². The van der Waals surface area contributed by atoms with E-state index < -0.39 is 0 Å². The molecule has 212 valence electrons. The van der Waals surface area contributed by atoms with Gasteiger partial charge in [0.2, 0.25) is 5.82 Å². The molecule has 8 heteroatoms. The average molecular weight is 577 g/mol. The summed E-state index contributed by atoms with van der Waals surface area (Å²) in [6.45, 7) is 0.187. The third kappa shape index (κ3) is 4.72. The van der Waals surface area contributed by atoms with Gasteiger partial charge in [0.15, 0.2) is 5.76 Å². The Morgan fingerprint density at radius 1 is 0.886 bits per heavy atom. The van der Waals surface area contributed by atoms with Gasteiger partial charge in [-0.05, 0) is 53.2 Å². The summed E-state index contributed by atoms with van der Waals surface area (Å²) in [5, 5.41) is 17.3. The minimum absolute atomic E-state index is 0.187. The van der Waals surface area contributed by atoms with E-state index in [-0.39, 0.29) is 18.0 Å². The summed E-state index contributed by atoms with van der Waals surface area (Å²) in [7, 11) is 1.60. The quantitative estimate of drug-likeness (QED) is 0.184. The molecule has 2 aromatic heterocycles. The number of hydrogen-bond acceptors (Lipinski definition) is 7. The number of fused-ring (bicyclic) bond motifs is 3. The molecule has 0 saturated heterocycles. The van der Waals surface area contributed by atoms with Crippen molar-refractivity contribution in [2.24, 2.45) is 5.10 Å². The molecule has 7 aromatic rings. The van der Waals surface area contributed by atoms with Crippen molar-refractivity contribution in [3.63, 3.8) is 0 Å². The molecule has 0 amide bonds. The highest BCUT2D eigenvalue weighted by atomic mass is 16.5. The summed E-state index contributed by atoms with van der Waals surface area (Å²) in [4.78, 5) is 18.7. The Morgan fingerprint density at radius 2 is 1.68 bits per heavy atom. The summed E-state index contributed by atoms with van der Waals surface area (Å²) in [6, 6.07) is 35.7. The molecule has 0 radical (unpaired) electrons. The van der Waals surface area contributed by atoms with E-state index in [1.54, 1.807) is 43.7 Å². The zero-order chi connectivity index (χ0) is 30.0. The first-order valence-electron chi connectivity index (χ1n) is 13.9. The third-order valence-corrected chi connectivity index (χ3v) is 7.47. The zero-order valence-electron chi connectivity index (χ0n) is 23.6. The molecule has 0 aliphatic heterocycles. The van der Waals surface area contributed by atoms with Gasteiger partial charge in [-0.1, -0.05) is 66.7 Å². The monoisotopic (exact) mass is 576 g/mol. The summed E-state index contributed by atoms with van der Waals surface area (Å²) in [5.41, 5.74) is 2.76. The van der Waals surface area contributed by atoms with E-state index in [1.165, 1.54) is 4.68 Å². The number of aromatic nitrogens is 2. The third-order valence-electron chi connectivity index (χ3n) is 7.47. The molecule has 0 saturated carbocycles. The van der Waals surface area contributed by atoms with Crippen molar-refractivity contribution in [2.75, 3.05) is 7.11 Å². The van der Waals surface area contributed by atoms with E-state index in [9.17, 15) is 10.1 Å². The van der Waals surface area contributed by atoms with E-state index in [0.717, 1.165) is 21.7 Å². The SMILES string of the molecule is COc1cccc2oc(-c3nc4ccccc4c(=O)n3N=Cc3c(OCc4ccccc4C#N)ccc4ccccc34)cc12. The summed E-state index contributed by atoms with van der Waals surface area (Å²) >= 11 is 0. The largest absolute Gasteiger partial charge is 0.496 e. The number of furan rings is 1. The molecule has 0 atom stereocenters. The molecule has 44 heavy (non-hydrogen) atoms. The van der Waals surface area contributed by atoms with Gasteiger partial charge >= 0.3 is 0 Å². The molecule has 0 spiro atoms.